The summed E-state index contributed by atoms with van der Waals surface area (Å²) in [7, 11) is 1.66. The van der Waals surface area contributed by atoms with Crippen molar-refractivity contribution in [2.75, 3.05) is 7.11 Å². The van der Waals surface area contributed by atoms with Crippen molar-refractivity contribution in [3.8, 4) is 5.75 Å². The lowest BCUT2D eigenvalue weighted by atomic mass is 9.92. The van der Waals surface area contributed by atoms with E-state index in [1.165, 1.54) is 5.56 Å². The molecule has 0 aliphatic rings. The third-order valence-electron chi connectivity index (χ3n) is 6.06. The molecular weight excluding hydrogens is 410 g/mol. The lowest BCUT2D eigenvalue weighted by Gasteiger charge is -2.20. The fourth-order valence-corrected chi connectivity index (χ4v) is 4.23. The Balaban J connectivity index is 1.53. The number of aromatic nitrogens is 2. The molecule has 0 aliphatic carbocycles. The van der Waals surface area contributed by atoms with E-state index < -0.39 is 0 Å². The molecule has 170 valence electrons. The van der Waals surface area contributed by atoms with Crippen LogP contribution in [0.4, 0.5) is 0 Å². The van der Waals surface area contributed by atoms with Gasteiger partial charge >= 0.3 is 0 Å². The second kappa shape index (κ2) is 10.3. The highest BCUT2D eigenvalue weighted by molar-refractivity contribution is 5.78. The van der Waals surface area contributed by atoms with E-state index in [0.29, 0.717) is 6.42 Å². The van der Waals surface area contributed by atoms with E-state index in [0.717, 1.165) is 41.1 Å². The van der Waals surface area contributed by atoms with Gasteiger partial charge in [0.1, 0.15) is 11.4 Å². The van der Waals surface area contributed by atoms with Crippen LogP contribution in [0.25, 0.3) is 5.65 Å². The van der Waals surface area contributed by atoms with Crippen LogP contribution in [0.15, 0.2) is 79.1 Å². The number of fused-ring (bicyclic) bond motifs is 1. The summed E-state index contributed by atoms with van der Waals surface area (Å²) in [5, 5.41) is 3.20. The van der Waals surface area contributed by atoms with Crippen molar-refractivity contribution in [2.24, 2.45) is 0 Å². The van der Waals surface area contributed by atoms with E-state index in [9.17, 15) is 4.79 Å². The van der Waals surface area contributed by atoms with Crippen molar-refractivity contribution in [3.63, 3.8) is 0 Å². The van der Waals surface area contributed by atoms with Crippen molar-refractivity contribution >= 4 is 11.6 Å². The number of amides is 1. The first-order valence-electron chi connectivity index (χ1n) is 11.4. The lowest BCUT2D eigenvalue weighted by molar-refractivity contribution is -0.121. The van der Waals surface area contributed by atoms with Gasteiger partial charge in [0.05, 0.1) is 12.8 Å². The fourth-order valence-electron chi connectivity index (χ4n) is 4.23. The van der Waals surface area contributed by atoms with Gasteiger partial charge in [0, 0.05) is 30.8 Å². The van der Waals surface area contributed by atoms with E-state index >= 15 is 0 Å². The molecule has 4 aromatic rings. The summed E-state index contributed by atoms with van der Waals surface area (Å²) in [4.78, 5) is 17.7. The summed E-state index contributed by atoms with van der Waals surface area (Å²) in [6.45, 7) is 4.12. The molecule has 0 saturated heterocycles. The molecule has 2 heterocycles. The summed E-state index contributed by atoms with van der Waals surface area (Å²) < 4.78 is 7.52. The van der Waals surface area contributed by atoms with Crippen LogP contribution in [0, 0.1) is 6.92 Å². The van der Waals surface area contributed by atoms with Gasteiger partial charge in [-0.1, -0.05) is 42.5 Å². The van der Waals surface area contributed by atoms with Crippen molar-refractivity contribution in [2.45, 2.75) is 45.1 Å². The van der Waals surface area contributed by atoms with Gasteiger partial charge in [-0.05, 0) is 67.6 Å². The van der Waals surface area contributed by atoms with Crippen LogP contribution in [0.5, 0.6) is 5.75 Å². The summed E-state index contributed by atoms with van der Waals surface area (Å²) >= 11 is 0. The first-order chi connectivity index (χ1) is 16.0. The number of methoxy groups -OCH3 is 1. The predicted molar refractivity (Wildman–Crippen MR) is 132 cm³/mol. The highest BCUT2D eigenvalue weighted by Crippen LogP contribution is 2.31. The Morgan fingerprint density at radius 1 is 1.09 bits per heavy atom. The molecule has 0 spiro atoms. The molecule has 0 saturated carbocycles. The summed E-state index contributed by atoms with van der Waals surface area (Å²) in [5.74, 6) is 0.670. The van der Waals surface area contributed by atoms with Gasteiger partial charge in [-0.15, -0.1) is 0 Å². The minimum Gasteiger partial charge on any atom is -0.497 e. The van der Waals surface area contributed by atoms with Crippen LogP contribution in [0.2, 0.25) is 0 Å². The van der Waals surface area contributed by atoms with Gasteiger partial charge in [0.15, 0.2) is 0 Å². The fraction of sp³-hybridized carbons (Fsp3) is 0.286. The quantitative estimate of drug-likeness (QED) is 0.383. The third kappa shape index (κ3) is 5.61. The Morgan fingerprint density at radius 2 is 1.91 bits per heavy atom. The Hall–Kier alpha value is -3.60. The number of hydrogen-bond acceptors (Lipinski definition) is 3. The monoisotopic (exact) mass is 441 g/mol. The number of imidazole rings is 1. The molecule has 2 aromatic carbocycles. The van der Waals surface area contributed by atoms with Crippen molar-refractivity contribution < 1.29 is 9.53 Å². The highest BCUT2D eigenvalue weighted by atomic mass is 16.5. The molecule has 5 nitrogen and oxygen atoms in total. The minimum atomic E-state index is -0.140. The number of hydrogen-bond donors (Lipinski definition) is 1. The molecular formula is C28H31N3O2. The van der Waals surface area contributed by atoms with Gasteiger partial charge in [-0.3, -0.25) is 4.79 Å². The average Bonchev–Trinajstić information content (AvgIpc) is 3.24. The molecule has 1 amide bonds. The normalized spacial score (nSPS) is 12.9. The number of aryl methyl sites for hydroxylation is 2. The van der Waals surface area contributed by atoms with Crippen LogP contribution in [0.1, 0.15) is 48.1 Å². The summed E-state index contributed by atoms with van der Waals surface area (Å²) in [5.41, 5.74) is 5.35. The number of nitrogens with one attached hydrogen (secondary N) is 1. The van der Waals surface area contributed by atoms with Crippen LogP contribution < -0.4 is 10.1 Å². The molecule has 0 bridgehead atoms. The average molecular weight is 442 g/mol. The molecule has 1 N–H and O–H groups in total. The number of benzene rings is 2. The zero-order chi connectivity index (χ0) is 23.2. The maximum absolute atomic E-state index is 13.1. The van der Waals surface area contributed by atoms with E-state index in [1.54, 1.807) is 7.11 Å². The van der Waals surface area contributed by atoms with Crippen LogP contribution in [0.3, 0.4) is 0 Å². The molecule has 0 fully saturated rings. The van der Waals surface area contributed by atoms with Gasteiger partial charge < -0.3 is 14.5 Å². The number of carbonyl (C=O) groups is 1. The Bertz CT molecular complexity index is 1220. The zero-order valence-corrected chi connectivity index (χ0v) is 19.5. The number of rotatable bonds is 9. The molecule has 5 heteroatoms. The third-order valence-corrected chi connectivity index (χ3v) is 6.06. The number of pyridine rings is 1. The smallest absolute Gasteiger partial charge is 0.221 e. The molecule has 2 unspecified atom stereocenters. The van der Waals surface area contributed by atoms with Gasteiger partial charge in [-0.25, -0.2) is 4.98 Å². The first kappa shape index (κ1) is 22.6. The molecule has 0 aliphatic heterocycles. The second-order valence-electron chi connectivity index (χ2n) is 8.64. The molecule has 33 heavy (non-hydrogen) atoms. The van der Waals surface area contributed by atoms with E-state index in [2.05, 4.69) is 64.9 Å². The van der Waals surface area contributed by atoms with Crippen molar-refractivity contribution in [3.05, 3.63) is 102 Å². The molecule has 2 atom stereocenters. The SMILES string of the molecule is COc1cccc(C(CC(=O)NC(C)CCc2ccccc2)c2cnc3cc(C)ccn23)c1. The zero-order valence-electron chi connectivity index (χ0n) is 19.5. The summed E-state index contributed by atoms with van der Waals surface area (Å²) in [6, 6.07) is 22.5. The predicted octanol–water partition coefficient (Wildman–Crippen LogP) is 5.31. The Labute approximate surface area is 195 Å². The van der Waals surface area contributed by atoms with Gasteiger partial charge in [-0.2, -0.15) is 0 Å². The van der Waals surface area contributed by atoms with E-state index in [4.69, 9.17) is 4.74 Å². The topological polar surface area (TPSA) is 55.6 Å². The number of carbonyl (C=O) groups excluding carboxylic acids is 1. The van der Waals surface area contributed by atoms with E-state index in [1.807, 2.05) is 42.7 Å². The minimum absolute atomic E-state index is 0.0328. The van der Waals surface area contributed by atoms with Crippen molar-refractivity contribution in [1.82, 2.24) is 14.7 Å². The maximum Gasteiger partial charge on any atom is 0.221 e. The number of ether oxygens (including phenoxy) is 1. The Kier molecular flexibility index (Phi) is 7.08. The maximum atomic E-state index is 13.1. The van der Waals surface area contributed by atoms with Gasteiger partial charge in [0.25, 0.3) is 0 Å². The molecule has 4 rings (SSSR count). The standard InChI is InChI=1S/C28H31N3O2/c1-20-14-15-31-26(19-29-27(31)16-20)25(23-10-7-11-24(17-23)33-3)18-28(32)30-21(2)12-13-22-8-5-4-6-9-22/h4-11,14-17,19,21,25H,12-13,18H2,1-3H3,(H,30,32). The van der Waals surface area contributed by atoms with Crippen LogP contribution in [-0.2, 0) is 11.2 Å². The lowest BCUT2D eigenvalue weighted by Crippen LogP contribution is -2.34. The van der Waals surface area contributed by atoms with Gasteiger partial charge in [0.2, 0.25) is 5.91 Å². The number of nitrogens with zero attached hydrogens (tertiary/aromatic N) is 2. The Morgan fingerprint density at radius 3 is 2.70 bits per heavy atom. The van der Waals surface area contributed by atoms with Crippen LogP contribution in [-0.4, -0.2) is 28.4 Å². The van der Waals surface area contributed by atoms with E-state index in [-0.39, 0.29) is 17.9 Å². The second-order valence-corrected chi connectivity index (χ2v) is 8.64. The summed E-state index contributed by atoms with van der Waals surface area (Å²) in [6.07, 6.45) is 6.08. The highest BCUT2D eigenvalue weighted by Gasteiger charge is 2.23. The molecule has 0 radical (unpaired) electrons. The first-order valence-corrected chi connectivity index (χ1v) is 11.4. The van der Waals surface area contributed by atoms with Crippen molar-refractivity contribution in [1.29, 1.82) is 0 Å². The molecule has 2 aromatic heterocycles. The largest absolute Gasteiger partial charge is 0.497 e. The van der Waals surface area contributed by atoms with Crippen LogP contribution >= 0.6 is 0 Å².